The molecule has 2 amide bonds. The minimum atomic E-state index is -0.0552. The molecule has 4 atom stereocenters. The molecule has 16 heavy (non-hydrogen) atoms. The summed E-state index contributed by atoms with van der Waals surface area (Å²) in [7, 11) is 0. The number of hydrogen-bond donors (Lipinski definition) is 0. The molecule has 88 valence electrons. The van der Waals surface area contributed by atoms with E-state index in [-0.39, 0.29) is 23.7 Å². The van der Waals surface area contributed by atoms with Gasteiger partial charge >= 0.3 is 0 Å². The molecule has 1 heterocycles. The predicted molar refractivity (Wildman–Crippen MR) is 59.4 cm³/mol. The first kappa shape index (κ1) is 10.3. The minimum Gasteiger partial charge on any atom is -0.282 e. The molecular formula is C13H19NO2. The van der Waals surface area contributed by atoms with Gasteiger partial charge in [-0.05, 0) is 37.0 Å². The smallest absolute Gasteiger partial charge is 0.232 e. The molecular weight excluding hydrogens is 202 g/mol. The van der Waals surface area contributed by atoms with Crippen LogP contribution in [0.4, 0.5) is 0 Å². The van der Waals surface area contributed by atoms with Crippen LogP contribution in [0.2, 0.25) is 0 Å². The quantitative estimate of drug-likeness (QED) is 0.675. The van der Waals surface area contributed by atoms with Crippen LogP contribution in [0.3, 0.4) is 0 Å². The van der Waals surface area contributed by atoms with Crippen molar-refractivity contribution in [2.24, 2.45) is 29.6 Å². The molecule has 0 aromatic rings. The number of amides is 2. The van der Waals surface area contributed by atoms with Gasteiger partial charge in [-0.1, -0.05) is 13.8 Å². The fraction of sp³-hybridized carbons (Fsp3) is 0.846. The predicted octanol–water partition coefficient (Wildman–Crippen LogP) is 1.67. The van der Waals surface area contributed by atoms with Crippen LogP contribution in [-0.2, 0) is 9.59 Å². The Morgan fingerprint density at radius 3 is 2.62 bits per heavy atom. The number of carbonyl (C=O) groups excluding carboxylic acids is 2. The second-order valence-electron chi connectivity index (χ2n) is 5.96. The van der Waals surface area contributed by atoms with Gasteiger partial charge in [0.2, 0.25) is 11.8 Å². The maximum Gasteiger partial charge on any atom is 0.232 e. The number of carbonyl (C=O) groups is 2. The van der Waals surface area contributed by atoms with Gasteiger partial charge in [-0.25, -0.2) is 0 Å². The summed E-state index contributed by atoms with van der Waals surface area (Å²) in [5.74, 6) is 2.11. The van der Waals surface area contributed by atoms with Crippen LogP contribution in [0.1, 0.15) is 33.1 Å². The van der Waals surface area contributed by atoms with Crippen LogP contribution < -0.4 is 0 Å². The van der Waals surface area contributed by atoms with Crippen LogP contribution in [-0.4, -0.2) is 23.3 Å². The maximum atomic E-state index is 12.2. The van der Waals surface area contributed by atoms with Crippen molar-refractivity contribution in [1.82, 2.24) is 4.90 Å². The van der Waals surface area contributed by atoms with Crippen molar-refractivity contribution in [2.75, 3.05) is 6.54 Å². The average Bonchev–Trinajstić information content (AvgIpc) is 2.89. The Morgan fingerprint density at radius 1 is 1.31 bits per heavy atom. The van der Waals surface area contributed by atoms with E-state index in [0.717, 1.165) is 5.92 Å². The molecule has 1 saturated heterocycles. The highest BCUT2D eigenvalue weighted by Crippen LogP contribution is 2.55. The molecule has 3 heteroatoms. The molecule has 3 aliphatic rings. The zero-order valence-corrected chi connectivity index (χ0v) is 9.98. The third kappa shape index (κ3) is 1.20. The normalized spacial score (nSPS) is 40.9. The largest absolute Gasteiger partial charge is 0.282 e. The summed E-state index contributed by atoms with van der Waals surface area (Å²) >= 11 is 0. The van der Waals surface area contributed by atoms with Crippen molar-refractivity contribution in [1.29, 1.82) is 0 Å². The van der Waals surface area contributed by atoms with Crippen LogP contribution in [0, 0.1) is 29.6 Å². The van der Waals surface area contributed by atoms with Gasteiger partial charge in [-0.2, -0.15) is 0 Å². The summed E-state index contributed by atoms with van der Waals surface area (Å²) in [6, 6.07) is 0. The van der Waals surface area contributed by atoms with Gasteiger partial charge < -0.3 is 0 Å². The Labute approximate surface area is 96.2 Å². The van der Waals surface area contributed by atoms with E-state index in [0.29, 0.717) is 18.4 Å². The summed E-state index contributed by atoms with van der Waals surface area (Å²) in [4.78, 5) is 25.7. The lowest BCUT2D eigenvalue weighted by Gasteiger charge is -2.20. The molecule has 2 saturated carbocycles. The third-order valence-corrected chi connectivity index (χ3v) is 4.79. The Balaban J connectivity index is 1.83. The Bertz CT molecular complexity index is 350. The molecule has 3 rings (SSSR count). The second-order valence-corrected chi connectivity index (χ2v) is 5.96. The van der Waals surface area contributed by atoms with E-state index in [2.05, 4.69) is 0 Å². The highest BCUT2D eigenvalue weighted by molar-refractivity contribution is 5.99. The molecule has 4 unspecified atom stereocenters. The van der Waals surface area contributed by atoms with Gasteiger partial charge in [0.25, 0.3) is 0 Å². The third-order valence-electron chi connectivity index (χ3n) is 4.79. The highest BCUT2D eigenvalue weighted by atomic mass is 16.2. The molecule has 1 aliphatic heterocycles. The molecule has 3 nitrogen and oxygen atoms in total. The number of imide groups is 1. The summed E-state index contributed by atoms with van der Waals surface area (Å²) in [5.41, 5.74) is 0. The number of nitrogens with zero attached hydrogens (tertiary/aromatic N) is 1. The van der Waals surface area contributed by atoms with E-state index in [1.54, 1.807) is 4.90 Å². The van der Waals surface area contributed by atoms with Crippen LogP contribution in [0.15, 0.2) is 0 Å². The first-order valence-corrected chi connectivity index (χ1v) is 6.44. The van der Waals surface area contributed by atoms with E-state index in [1.165, 1.54) is 19.3 Å². The number of fused-ring (bicyclic) bond motifs is 5. The van der Waals surface area contributed by atoms with Gasteiger partial charge in [0.05, 0.1) is 0 Å². The Hall–Kier alpha value is -0.860. The van der Waals surface area contributed by atoms with Gasteiger partial charge in [0, 0.05) is 18.4 Å². The second kappa shape index (κ2) is 3.31. The van der Waals surface area contributed by atoms with E-state index >= 15 is 0 Å². The van der Waals surface area contributed by atoms with E-state index in [1.807, 2.05) is 13.8 Å². The van der Waals surface area contributed by atoms with E-state index in [4.69, 9.17) is 0 Å². The molecule has 2 bridgehead atoms. The number of likely N-dealkylation sites (tertiary alicyclic amines) is 1. The van der Waals surface area contributed by atoms with Crippen molar-refractivity contribution < 1.29 is 9.59 Å². The van der Waals surface area contributed by atoms with Crippen molar-refractivity contribution in [2.45, 2.75) is 33.1 Å². The first-order valence-electron chi connectivity index (χ1n) is 6.44. The van der Waals surface area contributed by atoms with E-state index in [9.17, 15) is 9.59 Å². The fourth-order valence-electron chi connectivity index (χ4n) is 4.05. The van der Waals surface area contributed by atoms with Crippen LogP contribution >= 0.6 is 0 Å². The topological polar surface area (TPSA) is 37.4 Å². The summed E-state index contributed by atoms with van der Waals surface area (Å²) in [6.45, 7) is 4.46. The maximum absolute atomic E-state index is 12.2. The monoisotopic (exact) mass is 221 g/mol. The molecule has 0 spiro atoms. The highest BCUT2D eigenvalue weighted by Gasteiger charge is 2.57. The SMILES string of the molecule is CC(C)C(=O)N1CC2C3CCC(C3)C2C1=O. The standard InChI is InChI=1S/C13H19NO2/c1-7(2)12(15)14-6-10-8-3-4-9(5-8)11(10)13(14)16/h7-11H,3-6H2,1-2H3. The van der Waals surface area contributed by atoms with Crippen LogP contribution in [0.5, 0.6) is 0 Å². The Morgan fingerprint density at radius 2 is 2.00 bits per heavy atom. The van der Waals surface area contributed by atoms with Crippen molar-refractivity contribution in [3.05, 3.63) is 0 Å². The zero-order valence-electron chi connectivity index (χ0n) is 9.98. The number of rotatable bonds is 1. The van der Waals surface area contributed by atoms with Crippen LogP contribution in [0.25, 0.3) is 0 Å². The molecule has 0 radical (unpaired) electrons. The lowest BCUT2D eigenvalue weighted by Crippen LogP contribution is -2.37. The van der Waals surface area contributed by atoms with E-state index < -0.39 is 0 Å². The molecule has 0 N–H and O–H groups in total. The van der Waals surface area contributed by atoms with Gasteiger partial charge in [-0.3, -0.25) is 14.5 Å². The molecule has 0 aromatic carbocycles. The molecule has 2 aliphatic carbocycles. The molecule has 3 fully saturated rings. The van der Waals surface area contributed by atoms with Gasteiger partial charge in [0.1, 0.15) is 0 Å². The Kier molecular flexibility index (Phi) is 2.13. The number of hydrogen-bond acceptors (Lipinski definition) is 2. The summed E-state index contributed by atoms with van der Waals surface area (Å²) in [5, 5.41) is 0. The van der Waals surface area contributed by atoms with Crippen molar-refractivity contribution in [3.8, 4) is 0 Å². The van der Waals surface area contributed by atoms with Crippen molar-refractivity contribution in [3.63, 3.8) is 0 Å². The van der Waals surface area contributed by atoms with Crippen molar-refractivity contribution >= 4 is 11.8 Å². The lowest BCUT2D eigenvalue weighted by atomic mass is 9.81. The zero-order chi connectivity index (χ0) is 11.4. The minimum absolute atomic E-state index is 0.0267. The van der Waals surface area contributed by atoms with Gasteiger partial charge in [0.15, 0.2) is 0 Å². The average molecular weight is 221 g/mol. The molecule has 0 aromatic heterocycles. The lowest BCUT2D eigenvalue weighted by molar-refractivity contribution is -0.146. The summed E-state index contributed by atoms with van der Waals surface area (Å²) < 4.78 is 0. The summed E-state index contributed by atoms with van der Waals surface area (Å²) in [6.07, 6.45) is 3.73. The fourth-order valence-corrected chi connectivity index (χ4v) is 4.05. The van der Waals surface area contributed by atoms with Gasteiger partial charge in [-0.15, -0.1) is 0 Å². The first-order chi connectivity index (χ1) is 7.59.